The second-order valence-corrected chi connectivity index (χ2v) is 6.80. The van der Waals surface area contributed by atoms with Crippen LogP contribution in [0.25, 0.3) is 0 Å². The number of anilines is 1. The Kier molecular flexibility index (Phi) is 4.69. The third-order valence-electron chi connectivity index (χ3n) is 4.59. The third-order valence-corrected chi connectivity index (χ3v) is 4.59. The number of hydrogen-bond donors (Lipinski definition) is 1. The lowest BCUT2D eigenvalue weighted by Crippen LogP contribution is -2.36. The Morgan fingerprint density at radius 2 is 2.17 bits per heavy atom. The summed E-state index contributed by atoms with van der Waals surface area (Å²) in [5, 5.41) is 6.85. The molecule has 130 valence electrons. The highest BCUT2D eigenvalue weighted by Gasteiger charge is 2.27. The van der Waals surface area contributed by atoms with Crippen LogP contribution in [0.15, 0.2) is 10.9 Å². The molecule has 0 spiro atoms. The Balaban J connectivity index is 1.87. The van der Waals surface area contributed by atoms with Crippen LogP contribution in [0.2, 0.25) is 0 Å². The molecule has 0 amide bonds. The van der Waals surface area contributed by atoms with Crippen molar-refractivity contribution in [3.63, 3.8) is 0 Å². The summed E-state index contributed by atoms with van der Waals surface area (Å²) in [6.45, 7) is 10.7. The molecule has 1 saturated heterocycles. The monoisotopic (exact) mass is 330 g/mol. The normalized spacial score (nSPS) is 18.4. The van der Waals surface area contributed by atoms with Crippen molar-refractivity contribution < 1.29 is 0 Å². The molecule has 1 unspecified atom stereocenters. The van der Waals surface area contributed by atoms with E-state index in [9.17, 15) is 4.79 Å². The van der Waals surface area contributed by atoms with Gasteiger partial charge in [0.15, 0.2) is 0 Å². The van der Waals surface area contributed by atoms with Crippen molar-refractivity contribution in [2.24, 2.45) is 0 Å². The molecule has 1 N–H and O–H groups in total. The topological polar surface area (TPSA) is 79.7 Å². The molecule has 0 aromatic carbocycles. The molecule has 0 aliphatic carbocycles. The standard InChI is InChI=1S/C17H26N6O/c1-5-23-16(20-21-17(23)24)13-7-6-8-22(10-13)14-9-12(4)18-15(19-14)11(2)3/h9,11,13H,5-8,10H2,1-4H3,(H,21,24). The van der Waals surface area contributed by atoms with Crippen molar-refractivity contribution in [1.82, 2.24) is 24.7 Å². The molecule has 0 bridgehead atoms. The van der Waals surface area contributed by atoms with E-state index in [2.05, 4.69) is 33.9 Å². The number of piperidine rings is 1. The maximum atomic E-state index is 11.8. The van der Waals surface area contributed by atoms with Crippen LogP contribution in [-0.2, 0) is 6.54 Å². The van der Waals surface area contributed by atoms with Gasteiger partial charge in [-0.05, 0) is 26.7 Å². The molecule has 7 heteroatoms. The van der Waals surface area contributed by atoms with Gasteiger partial charge < -0.3 is 4.90 Å². The summed E-state index contributed by atoms with van der Waals surface area (Å²) < 4.78 is 1.74. The number of hydrogen-bond acceptors (Lipinski definition) is 5. The summed E-state index contributed by atoms with van der Waals surface area (Å²) in [4.78, 5) is 23.4. The fourth-order valence-electron chi connectivity index (χ4n) is 3.34. The van der Waals surface area contributed by atoms with Crippen LogP contribution >= 0.6 is 0 Å². The van der Waals surface area contributed by atoms with E-state index >= 15 is 0 Å². The first kappa shape index (κ1) is 16.7. The smallest absolute Gasteiger partial charge is 0.343 e. The van der Waals surface area contributed by atoms with Crippen LogP contribution in [0.5, 0.6) is 0 Å². The van der Waals surface area contributed by atoms with E-state index in [1.165, 1.54) is 0 Å². The molecule has 24 heavy (non-hydrogen) atoms. The summed E-state index contributed by atoms with van der Waals surface area (Å²) in [7, 11) is 0. The molecule has 2 aromatic heterocycles. The largest absolute Gasteiger partial charge is 0.356 e. The van der Waals surface area contributed by atoms with Crippen LogP contribution in [0.4, 0.5) is 5.82 Å². The number of H-pyrrole nitrogens is 1. The van der Waals surface area contributed by atoms with E-state index in [4.69, 9.17) is 4.98 Å². The summed E-state index contributed by atoms with van der Waals surface area (Å²) in [6.07, 6.45) is 2.11. The van der Waals surface area contributed by atoms with Crippen molar-refractivity contribution in [3.05, 3.63) is 33.9 Å². The average Bonchev–Trinajstić information content (AvgIpc) is 2.95. The van der Waals surface area contributed by atoms with Crippen LogP contribution in [-0.4, -0.2) is 37.8 Å². The van der Waals surface area contributed by atoms with E-state index < -0.39 is 0 Å². The van der Waals surface area contributed by atoms with Gasteiger partial charge in [0.05, 0.1) is 0 Å². The highest BCUT2D eigenvalue weighted by Crippen LogP contribution is 2.28. The van der Waals surface area contributed by atoms with Crippen LogP contribution in [0.3, 0.4) is 0 Å². The average molecular weight is 330 g/mol. The molecule has 2 aromatic rings. The van der Waals surface area contributed by atoms with E-state index in [0.717, 1.165) is 49.1 Å². The lowest BCUT2D eigenvalue weighted by molar-refractivity contribution is 0.468. The van der Waals surface area contributed by atoms with Gasteiger partial charge in [0.1, 0.15) is 17.5 Å². The minimum absolute atomic E-state index is 0.121. The van der Waals surface area contributed by atoms with Crippen molar-refractivity contribution in [1.29, 1.82) is 0 Å². The van der Waals surface area contributed by atoms with Crippen molar-refractivity contribution >= 4 is 5.82 Å². The molecule has 1 aliphatic heterocycles. The van der Waals surface area contributed by atoms with Crippen molar-refractivity contribution in [3.8, 4) is 0 Å². The Morgan fingerprint density at radius 1 is 1.38 bits per heavy atom. The molecule has 3 heterocycles. The maximum Gasteiger partial charge on any atom is 0.343 e. The maximum absolute atomic E-state index is 11.8. The molecular formula is C17H26N6O. The van der Waals surface area contributed by atoms with Gasteiger partial charge in [0, 0.05) is 43.2 Å². The first-order valence-electron chi connectivity index (χ1n) is 8.75. The lowest BCUT2D eigenvalue weighted by Gasteiger charge is -2.33. The molecule has 1 atom stereocenters. The van der Waals surface area contributed by atoms with Gasteiger partial charge in [0.25, 0.3) is 0 Å². The summed E-state index contributed by atoms with van der Waals surface area (Å²) in [5.41, 5.74) is 0.876. The van der Waals surface area contributed by atoms with E-state index in [-0.39, 0.29) is 11.6 Å². The Bertz CT molecular complexity index is 763. The van der Waals surface area contributed by atoms with Gasteiger partial charge in [-0.3, -0.25) is 4.57 Å². The van der Waals surface area contributed by atoms with Crippen molar-refractivity contribution in [2.75, 3.05) is 18.0 Å². The number of aryl methyl sites for hydroxylation is 1. The number of nitrogens with one attached hydrogen (secondary N) is 1. The van der Waals surface area contributed by atoms with E-state index in [0.29, 0.717) is 12.5 Å². The Hall–Kier alpha value is -2.18. The minimum Gasteiger partial charge on any atom is -0.356 e. The Morgan fingerprint density at radius 3 is 2.88 bits per heavy atom. The van der Waals surface area contributed by atoms with E-state index in [1.807, 2.05) is 19.9 Å². The quantitative estimate of drug-likeness (QED) is 0.929. The predicted molar refractivity (Wildman–Crippen MR) is 93.6 cm³/mol. The zero-order valence-corrected chi connectivity index (χ0v) is 14.9. The number of aromatic nitrogens is 5. The van der Waals surface area contributed by atoms with Gasteiger partial charge in [-0.2, -0.15) is 5.10 Å². The minimum atomic E-state index is -0.121. The molecule has 7 nitrogen and oxygen atoms in total. The number of nitrogens with zero attached hydrogens (tertiary/aromatic N) is 5. The predicted octanol–water partition coefficient (Wildman–Crippen LogP) is 2.20. The highest BCUT2D eigenvalue weighted by molar-refractivity contribution is 5.41. The third kappa shape index (κ3) is 3.20. The van der Waals surface area contributed by atoms with Crippen LogP contribution < -0.4 is 10.6 Å². The number of aromatic amines is 1. The first-order chi connectivity index (χ1) is 11.5. The molecule has 1 fully saturated rings. The molecule has 0 radical (unpaired) electrons. The van der Waals surface area contributed by atoms with Gasteiger partial charge >= 0.3 is 5.69 Å². The van der Waals surface area contributed by atoms with Crippen LogP contribution in [0, 0.1) is 6.92 Å². The fourth-order valence-corrected chi connectivity index (χ4v) is 3.34. The first-order valence-corrected chi connectivity index (χ1v) is 8.75. The van der Waals surface area contributed by atoms with Gasteiger partial charge in [-0.15, -0.1) is 0 Å². The zero-order chi connectivity index (χ0) is 17.3. The van der Waals surface area contributed by atoms with Crippen LogP contribution in [0.1, 0.15) is 62.8 Å². The lowest BCUT2D eigenvalue weighted by atomic mass is 9.97. The number of rotatable bonds is 4. The van der Waals surface area contributed by atoms with Gasteiger partial charge in [-0.1, -0.05) is 13.8 Å². The fraction of sp³-hybridized carbons (Fsp3) is 0.647. The SMILES string of the molecule is CCn1c(C2CCCN(c3cc(C)nc(C(C)C)n3)C2)n[nH]c1=O. The Labute approximate surface area is 142 Å². The summed E-state index contributed by atoms with van der Waals surface area (Å²) >= 11 is 0. The van der Waals surface area contributed by atoms with Gasteiger partial charge in [0.2, 0.25) is 0 Å². The summed E-state index contributed by atoms with van der Waals surface area (Å²) in [5.74, 6) is 3.28. The second-order valence-electron chi connectivity index (χ2n) is 6.80. The molecular weight excluding hydrogens is 304 g/mol. The zero-order valence-electron chi connectivity index (χ0n) is 14.9. The van der Waals surface area contributed by atoms with Crippen molar-refractivity contribution in [2.45, 2.75) is 58.9 Å². The molecule has 3 rings (SSSR count). The molecule has 0 saturated carbocycles. The summed E-state index contributed by atoms with van der Waals surface area (Å²) in [6, 6.07) is 2.05. The van der Waals surface area contributed by atoms with E-state index in [1.54, 1.807) is 4.57 Å². The second kappa shape index (κ2) is 6.75. The van der Waals surface area contributed by atoms with Gasteiger partial charge in [-0.25, -0.2) is 19.9 Å². The highest BCUT2D eigenvalue weighted by atomic mass is 16.1. The molecule has 1 aliphatic rings.